The summed E-state index contributed by atoms with van der Waals surface area (Å²) >= 11 is 0. The predicted molar refractivity (Wildman–Crippen MR) is 78.8 cm³/mol. The highest BCUT2D eigenvalue weighted by atomic mass is 16.4. The van der Waals surface area contributed by atoms with Crippen molar-refractivity contribution in [2.45, 2.75) is 40.2 Å². The third kappa shape index (κ3) is 3.94. The van der Waals surface area contributed by atoms with E-state index in [-0.39, 0.29) is 0 Å². The average molecular weight is 275 g/mol. The van der Waals surface area contributed by atoms with Crippen molar-refractivity contribution in [1.29, 1.82) is 0 Å². The Kier molecular flexibility index (Phi) is 4.92. The van der Waals surface area contributed by atoms with Gasteiger partial charge >= 0.3 is 0 Å². The third-order valence-electron chi connectivity index (χ3n) is 2.76. The molecule has 2 aromatic heterocycles. The molecule has 0 bridgehead atoms. The summed E-state index contributed by atoms with van der Waals surface area (Å²) in [5.74, 6) is 3.90. The Morgan fingerprint density at radius 2 is 1.90 bits per heavy atom. The molecule has 0 fully saturated rings. The molecule has 0 aliphatic heterocycles. The minimum absolute atomic E-state index is 0.518. The van der Waals surface area contributed by atoms with Gasteiger partial charge in [0.1, 0.15) is 23.2 Å². The van der Waals surface area contributed by atoms with E-state index in [9.17, 15) is 0 Å². The lowest BCUT2D eigenvalue weighted by atomic mass is 10.4. The second-order valence-electron chi connectivity index (χ2n) is 4.54. The fraction of sp³-hybridized carbons (Fsp3) is 0.500. The number of aromatic nitrogens is 3. The molecule has 0 spiro atoms. The molecule has 2 N–H and O–H groups in total. The second-order valence-corrected chi connectivity index (χ2v) is 4.54. The molecule has 2 rings (SSSR count). The third-order valence-corrected chi connectivity index (χ3v) is 2.76. The Morgan fingerprint density at radius 1 is 1.15 bits per heavy atom. The maximum absolute atomic E-state index is 5.55. The first-order chi connectivity index (χ1) is 9.71. The van der Waals surface area contributed by atoms with E-state index in [1.165, 1.54) is 0 Å². The summed E-state index contributed by atoms with van der Waals surface area (Å²) in [6.07, 6.45) is 3.67. The summed E-state index contributed by atoms with van der Waals surface area (Å²) in [5.41, 5.74) is 0. The summed E-state index contributed by atoms with van der Waals surface area (Å²) in [7, 11) is 0. The molecule has 0 aromatic carbocycles. The van der Waals surface area contributed by atoms with Crippen LogP contribution in [0.15, 0.2) is 16.7 Å². The van der Waals surface area contributed by atoms with Gasteiger partial charge in [0.2, 0.25) is 5.89 Å². The van der Waals surface area contributed by atoms with Gasteiger partial charge in [-0.3, -0.25) is 0 Å². The van der Waals surface area contributed by atoms with Crippen molar-refractivity contribution in [2.75, 3.05) is 17.2 Å². The van der Waals surface area contributed by atoms with E-state index < -0.39 is 0 Å². The predicted octanol–water partition coefficient (Wildman–Crippen LogP) is 2.77. The first-order valence-electron chi connectivity index (χ1n) is 6.98. The summed E-state index contributed by atoms with van der Waals surface area (Å²) in [5, 5.41) is 6.47. The summed E-state index contributed by atoms with van der Waals surface area (Å²) < 4.78 is 5.55. The van der Waals surface area contributed by atoms with Gasteiger partial charge < -0.3 is 15.1 Å². The standard InChI is InChI=1S/C14H21N5O/c1-4-6-15-12-7-13(19-10(3)18-12)16-9-14-17-8-11(5-2)20-14/h7-8H,4-6,9H2,1-3H3,(H2,15,16,18,19). The molecule has 6 heteroatoms. The molecule has 0 radical (unpaired) electrons. The van der Waals surface area contributed by atoms with E-state index in [1.54, 1.807) is 6.20 Å². The van der Waals surface area contributed by atoms with Gasteiger partial charge in [-0.25, -0.2) is 15.0 Å². The van der Waals surface area contributed by atoms with Crippen LogP contribution in [-0.4, -0.2) is 21.5 Å². The van der Waals surface area contributed by atoms with Gasteiger partial charge in [0.25, 0.3) is 0 Å². The monoisotopic (exact) mass is 275 g/mol. The van der Waals surface area contributed by atoms with Gasteiger partial charge in [0.15, 0.2) is 0 Å². The van der Waals surface area contributed by atoms with Crippen molar-refractivity contribution in [3.05, 3.63) is 29.7 Å². The van der Waals surface area contributed by atoms with Crippen LogP contribution in [0.25, 0.3) is 0 Å². The molecule has 0 saturated carbocycles. The Labute approximate surface area is 119 Å². The van der Waals surface area contributed by atoms with Crippen LogP contribution in [0.5, 0.6) is 0 Å². The number of hydrogen-bond donors (Lipinski definition) is 2. The number of rotatable bonds is 7. The van der Waals surface area contributed by atoms with Crippen LogP contribution in [0.4, 0.5) is 11.6 Å². The molecule has 0 aliphatic rings. The van der Waals surface area contributed by atoms with Gasteiger partial charge in [-0.2, -0.15) is 0 Å². The van der Waals surface area contributed by atoms with Crippen LogP contribution in [0.3, 0.4) is 0 Å². The topological polar surface area (TPSA) is 75.9 Å². The number of aryl methyl sites for hydroxylation is 2. The van der Waals surface area contributed by atoms with Gasteiger partial charge in [-0.05, 0) is 13.3 Å². The molecule has 2 heterocycles. The molecule has 0 atom stereocenters. The number of hydrogen-bond acceptors (Lipinski definition) is 6. The molecule has 6 nitrogen and oxygen atoms in total. The fourth-order valence-electron chi connectivity index (χ4n) is 1.76. The minimum Gasteiger partial charge on any atom is -0.444 e. The quantitative estimate of drug-likeness (QED) is 0.809. The Balaban J connectivity index is 1.99. The molecule has 0 amide bonds. The second kappa shape index (κ2) is 6.88. The molecule has 0 saturated heterocycles. The maximum atomic E-state index is 5.55. The largest absolute Gasteiger partial charge is 0.444 e. The van der Waals surface area contributed by atoms with Crippen molar-refractivity contribution in [3.8, 4) is 0 Å². The number of anilines is 2. The van der Waals surface area contributed by atoms with Crippen LogP contribution in [0.1, 0.15) is 37.7 Å². The zero-order chi connectivity index (χ0) is 14.4. The van der Waals surface area contributed by atoms with E-state index in [0.29, 0.717) is 12.4 Å². The van der Waals surface area contributed by atoms with Crippen molar-refractivity contribution < 1.29 is 4.42 Å². The molecule has 108 valence electrons. The van der Waals surface area contributed by atoms with Crippen LogP contribution in [0.2, 0.25) is 0 Å². The van der Waals surface area contributed by atoms with Gasteiger partial charge in [0.05, 0.1) is 12.7 Å². The van der Waals surface area contributed by atoms with E-state index in [4.69, 9.17) is 4.42 Å². The van der Waals surface area contributed by atoms with Crippen molar-refractivity contribution >= 4 is 11.6 Å². The highest BCUT2D eigenvalue weighted by Crippen LogP contribution is 2.13. The molecule has 20 heavy (non-hydrogen) atoms. The number of oxazole rings is 1. The first kappa shape index (κ1) is 14.3. The van der Waals surface area contributed by atoms with Gasteiger partial charge in [0, 0.05) is 19.0 Å². The summed E-state index contributed by atoms with van der Waals surface area (Å²) in [4.78, 5) is 12.9. The average Bonchev–Trinajstić information content (AvgIpc) is 2.90. The van der Waals surface area contributed by atoms with E-state index in [2.05, 4.69) is 32.5 Å². The zero-order valence-corrected chi connectivity index (χ0v) is 12.2. The Hall–Kier alpha value is -2.11. The van der Waals surface area contributed by atoms with E-state index >= 15 is 0 Å². The van der Waals surface area contributed by atoms with Crippen molar-refractivity contribution in [3.63, 3.8) is 0 Å². The molecule has 0 unspecified atom stereocenters. The van der Waals surface area contributed by atoms with Crippen LogP contribution in [-0.2, 0) is 13.0 Å². The van der Waals surface area contributed by atoms with Crippen molar-refractivity contribution in [1.82, 2.24) is 15.0 Å². The summed E-state index contributed by atoms with van der Waals surface area (Å²) in [6.45, 7) is 7.45. The van der Waals surface area contributed by atoms with Gasteiger partial charge in [-0.1, -0.05) is 13.8 Å². The van der Waals surface area contributed by atoms with E-state index in [1.807, 2.05) is 19.9 Å². The normalized spacial score (nSPS) is 10.6. The van der Waals surface area contributed by atoms with Crippen molar-refractivity contribution in [2.24, 2.45) is 0 Å². The van der Waals surface area contributed by atoms with E-state index in [0.717, 1.165) is 42.6 Å². The number of nitrogens with one attached hydrogen (secondary N) is 2. The molecule has 2 aromatic rings. The van der Waals surface area contributed by atoms with Crippen LogP contribution >= 0.6 is 0 Å². The highest BCUT2D eigenvalue weighted by Gasteiger charge is 2.05. The molecule has 0 aliphatic carbocycles. The lowest BCUT2D eigenvalue weighted by Gasteiger charge is -2.08. The molecular weight excluding hydrogens is 254 g/mol. The Bertz CT molecular complexity index is 552. The van der Waals surface area contributed by atoms with Crippen LogP contribution < -0.4 is 10.6 Å². The zero-order valence-electron chi connectivity index (χ0n) is 12.2. The minimum atomic E-state index is 0.518. The highest BCUT2D eigenvalue weighted by molar-refractivity contribution is 5.47. The van der Waals surface area contributed by atoms with Gasteiger partial charge in [-0.15, -0.1) is 0 Å². The molecular formula is C14H21N5O. The SMILES string of the molecule is CCCNc1cc(NCc2ncc(CC)o2)nc(C)n1. The number of nitrogens with zero attached hydrogens (tertiary/aromatic N) is 3. The summed E-state index contributed by atoms with van der Waals surface area (Å²) in [6, 6.07) is 1.90. The first-order valence-corrected chi connectivity index (χ1v) is 6.98. The lowest BCUT2D eigenvalue weighted by Crippen LogP contribution is -2.07. The Morgan fingerprint density at radius 3 is 2.55 bits per heavy atom. The smallest absolute Gasteiger partial charge is 0.213 e. The van der Waals surface area contributed by atoms with Crippen LogP contribution in [0, 0.1) is 6.92 Å². The fourth-order valence-corrected chi connectivity index (χ4v) is 1.76. The maximum Gasteiger partial charge on any atom is 0.213 e. The lowest BCUT2D eigenvalue weighted by molar-refractivity contribution is 0.465.